The highest BCUT2D eigenvalue weighted by Gasteiger charge is 2.29. The molecule has 0 N–H and O–H groups in total. The van der Waals surface area contributed by atoms with E-state index >= 15 is 0 Å². The largest absolute Gasteiger partial charge is 0.389 e. The molecule has 0 aliphatic rings. The van der Waals surface area contributed by atoms with Gasteiger partial charge < -0.3 is 0 Å². The Morgan fingerprint density at radius 1 is 0.800 bits per heavy atom. The van der Waals surface area contributed by atoms with E-state index in [1.807, 2.05) is 0 Å². The fourth-order valence-electron chi connectivity index (χ4n) is 0.892. The number of carbonyl (C=O) groups excluding carboxylic acids is 1. The third-order valence-corrected chi connectivity index (χ3v) is 1.60. The monoisotopic (exact) mass is 236 g/mol. The summed E-state index contributed by atoms with van der Waals surface area (Å²) in [6.07, 6.45) is -12.8. The molecule has 0 amide bonds. The van der Waals surface area contributed by atoms with E-state index < -0.39 is 50.2 Å². The number of alkyl halides is 6. The molecule has 0 spiro atoms. The molecule has 15 heavy (non-hydrogen) atoms. The topological polar surface area (TPSA) is 17.1 Å². The minimum absolute atomic E-state index is 0.444. The molecular formula is C8H10F6O. The fourth-order valence-corrected chi connectivity index (χ4v) is 0.892. The highest BCUT2D eigenvalue weighted by molar-refractivity contribution is 5.78. The molecule has 0 fully saturated rings. The molecule has 0 aliphatic heterocycles. The Kier molecular flexibility index (Phi) is 5.10. The molecule has 0 heterocycles. The van der Waals surface area contributed by atoms with Crippen LogP contribution in [0.1, 0.15) is 32.1 Å². The quantitative estimate of drug-likeness (QED) is 0.666. The molecule has 0 saturated heterocycles. The first kappa shape index (κ1) is 14.2. The van der Waals surface area contributed by atoms with Gasteiger partial charge in [-0.05, 0) is 6.42 Å². The van der Waals surface area contributed by atoms with Crippen molar-refractivity contribution in [2.45, 2.75) is 44.5 Å². The van der Waals surface area contributed by atoms with Gasteiger partial charge in [-0.25, -0.2) is 0 Å². The number of carbonyl (C=O) groups is 1. The van der Waals surface area contributed by atoms with Gasteiger partial charge in [-0.2, -0.15) is 26.3 Å². The average Bonchev–Trinajstić information content (AvgIpc) is 1.97. The van der Waals surface area contributed by atoms with Crippen molar-refractivity contribution in [3.8, 4) is 0 Å². The molecule has 0 saturated carbocycles. The van der Waals surface area contributed by atoms with Crippen molar-refractivity contribution in [1.29, 1.82) is 0 Å². The third-order valence-electron chi connectivity index (χ3n) is 1.60. The Hall–Kier alpha value is -0.750. The zero-order valence-electron chi connectivity index (χ0n) is 7.71. The summed E-state index contributed by atoms with van der Waals surface area (Å²) in [5.74, 6) is -0.781. The van der Waals surface area contributed by atoms with Crippen molar-refractivity contribution >= 4 is 5.78 Å². The predicted molar refractivity (Wildman–Crippen MR) is 40.2 cm³/mol. The summed E-state index contributed by atoms with van der Waals surface area (Å²) in [6.45, 7) is 0. The Morgan fingerprint density at radius 3 is 1.67 bits per heavy atom. The van der Waals surface area contributed by atoms with E-state index in [0.717, 1.165) is 0 Å². The summed E-state index contributed by atoms with van der Waals surface area (Å²) in [7, 11) is 0. The number of ketones is 1. The molecule has 0 aliphatic carbocycles. The van der Waals surface area contributed by atoms with E-state index in [2.05, 4.69) is 0 Å². The lowest BCUT2D eigenvalue weighted by Gasteiger charge is -2.06. The molecule has 7 heteroatoms. The van der Waals surface area contributed by atoms with Crippen molar-refractivity contribution in [2.75, 3.05) is 0 Å². The van der Waals surface area contributed by atoms with Crippen LogP contribution in [-0.2, 0) is 4.79 Å². The van der Waals surface area contributed by atoms with Crippen LogP contribution >= 0.6 is 0 Å². The Balaban J connectivity index is 3.60. The van der Waals surface area contributed by atoms with Crippen LogP contribution in [0, 0.1) is 0 Å². The summed E-state index contributed by atoms with van der Waals surface area (Å²) < 4.78 is 69.6. The molecular weight excluding hydrogens is 226 g/mol. The van der Waals surface area contributed by atoms with Gasteiger partial charge >= 0.3 is 12.4 Å². The van der Waals surface area contributed by atoms with E-state index in [4.69, 9.17) is 0 Å². The maximum absolute atomic E-state index is 11.6. The molecule has 0 rings (SSSR count). The SMILES string of the molecule is O=C(CCCC(F)(F)F)CCC(F)(F)F. The van der Waals surface area contributed by atoms with Crippen LogP contribution in [0.15, 0.2) is 0 Å². The highest BCUT2D eigenvalue weighted by Crippen LogP contribution is 2.24. The van der Waals surface area contributed by atoms with Gasteiger partial charge in [-0.15, -0.1) is 0 Å². The second-order valence-electron chi connectivity index (χ2n) is 3.12. The van der Waals surface area contributed by atoms with Crippen molar-refractivity contribution in [3.63, 3.8) is 0 Å². The molecule has 0 aromatic carbocycles. The van der Waals surface area contributed by atoms with E-state index in [1.54, 1.807) is 0 Å². The van der Waals surface area contributed by atoms with Crippen molar-refractivity contribution in [2.24, 2.45) is 0 Å². The summed E-state index contributed by atoms with van der Waals surface area (Å²) in [6, 6.07) is 0. The molecule has 1 nitrogen and oxygen atoms in total. The highest BCUT2D eigenvalue weighted by atomic mass is 19.4. The van der Waals surface area contributed by atoms with E-state index in [1.165, 1.54) is 0 Å². The summed E-state index contributed by atoms with van der Waals surface area (Å²) in [5.41, 5.74) is 0. The Morgan fingerprint density at radius 2 is 1.27 bits per heavy atom. The average molecular weight is 236 g/mol. The van der Waals surface area contributed by atoms with Gasteiger partial charge in [0.25, 0.3) is 0 Å². The first-order chi connectivity index (χ1) is 6.60. The van der Waals surface area contributed by atoms with Crippen LogP contribution in [0.3, 0.4) is 0 Å². The van der Waals surface area contributed by atoms with Gasteiger partial charge in [-0.1, -0.05) is 0 Å². The molecule has 0 aromatic rings. The van der Waals surface area contributed by atoms with Crippen LogP contribution in [0.4, 0.5) is 26.3 Å². The van der Waals surface area contributed by atoms with Crippen LogP contribution in [-0.4, -0.2) is 18.1 Å². The minimum atomic E-state index is -4.43. The Bertz CT molecular complexity index is 204. The van der Waals surface area contributed by atoms with Crippen molar-refractivity contribution in [3.05, 3.63) is 0 Å². The summed E-state index contributed by atoms with van der Waals surface area (Å²) in [5, 5.41) is 0. The molecule has 0 atom stereocenters. The lowest BCUT2D eigenvalue weighted by Crippen LogP contribution is -2.12. The van der Waals surface area contributed by atoms with Crippen molar-refractivity contribution in [1.82, 2.24) is 0 Å². The Labute approximate surface area is 82.4 Å². The number of rotatable bonds is 5. The second-order valence-corrected chi connectivity index (χ2v) is 3.12. The maximum atomic E-state index is 11.6. The second kappa shape index (κ2) is 5.37. The maximum Gasteiger partial charge on any atom is 0.389 e. The number of hydrogen-bond donors (Lipinski definition) is 0. The van der Waals surface area contributed by atoms with E-state index in [-0.39, 0.29) is 0 Å². The lowest BCUT2D eigenvalue weighted by molar-refractivity contribution is -0.145. The van der Waals surface area contributed by atoms with Gasteiger partial charge in [0.15, 0.2) is 0 Å². The number of Topliss-reactive ketones (excluding diaryl/α,β-unsaturated/α-hetero) is 1. The molecule has 90 valence electrons. The van der Waals surface area contributed by atoms with Crippen LogP contribution in [0.5, 0.6) is 0 Å². The first-order valence-electron chi connectivity index (χ1n) is 4.25. The van der Waals surface area contributed by atoms with Gasteiger partial charge in [0.2, 0.25) is 0 Å². The van der Waals surface area contributed by atoms with Crippen LogP contribution < -0.4 is 0 Å². The summed E-state index contributed by atoms with van der Waals surface area (Å²) >= 11 is 0. The predicted octanol–water partition coefficient (Wildman–Crippen LogP) is 3.63. The van der Waals surface area contributed by atoms with E-state index in [9.17, 15) is 31.1 Å². The zero-order valence-corrected chi connectivity index (χ0v) is 7.71. The molecule has 0 bridgehead atoms. The van der Waals surface area contributed by atoms with Gasteiger partial charge in [0.05, 0.1) is 6.42 Å². The third kappa shape index (κ3) is 11.2. The number of hydrogen-bond acceptors (Lipinski definition) is 1. The van der Waals surface area contributed by atoms with Crippen molar-refractivity contribution < 1.29 is 31.1 Å². The molecule has 0 unspecified atom stereocenters. The van der Waals surface area contributed by atoms with Crippen LogP contribution in [0.2, 0.25) is 0 Å². The zero-order chi connectivity index (χ0) is 12.1. The molecule has 0 aromatic heterocycles. The fraction of sp³-hybridized carbons (Fsp3) is 0.875. The first-order valence-corrected chi connectivity index (χ1v) is 4.25. The standard InChI is InChI=1S/C8H10F6O/c9-7(10,11)4-1-2-6(15)3-5-8(12,13)14/h1-5H2. The lowest BCUT2D eigenvalue weighted by atomic mass is 10.1. The normalized spacial score (nSPS) is 12.9. The van der Waals surface area contributed by atoms with Gasteiger partial charge in [0, 0.05) is 19.3 Å². The minimum Gasteiger partial charge on any atom is -0.300 e. The number of halogens is 6. The summed E-state index contributed by atoms with van der Waals surface area (Å²) in [4.78, 5) is 10.7. The smallest absolute Gasteiger partial charge is 0.300 e. The van der Waals surface area contributed by atoms with Gasteiger partial charge in [-0.3, -0.25) is 4.79 Å². The van der Waals surface area contributed by atoms with E-state index in [0.29, 0.717) is 0 Å². The van der Waals surface area contributed by atoms with Gasteiger partial charge in [0.1, 0.15) is 5.78 Å². The van der Waals surface area contributed by atoms with Crippen LogP contribution in [0.25, 0.3) is 0 Å². The molecule has 0 radical (unpaired) electrons.